The molecule has 1 heterocycles. The van der Waals surface area contributed by atoms with Gasteiger partial charge in [0.2, 0.25) is 0 Å². The second kappa shape index (κ2) is 5.40. The lowest BCUT2D eigenvalue weighted by Gasteiger charge is -2.09. The van der Waals surface area contributed by atoms with Crippen molar-refractivity contribution in [1.82, 2.24) is 0 Å². The summed E-state index contributed by atoms with van der Waals surface area (Å²) < 4.78 is 23.1. The third kappa shape index (κ3) is 2.91. The van der Waals surface area contributed by atoms with Crippen LogP contribution in [0.25, 0.3) is 0 Å². The number of esters is 1. The summed E-state index contributed by atoms with van der Waals surface area (Å²) in [5, 5.41) is -0.136. The van der Waals surface area contributed by atoms with E-state index in [1.54, 1.807) is 13.2 Å². The van der Waals surface area contributed by atoms with E-state index in [-0.39, 0.29) is 17.0 Å². The van der Waals surface area contributed by atoms with Crippen molar-refractivity contribution in [3.63, 3.8) is 0 Å². The Kier molecular flexibility index (Phi) is 3.89. The maximum Gasteiger partial charge on any atom is 0.319 e. The molecule has 2 rings (SSSR count). The van der Waals surface area contributed by atoms with E-state index < -0.39 is 0 Å². The van der Waals surface area contributed by atoms with Gasteiger partial charge in [0.25, 0.3) is 0 Å². The Balaban J connectivity index is 2.02. The van der Waals surface area contributed by atoms with E-state index in [0.717, 1.165) is 12.0 Å². The summed E-state index contributed by atoms with van der Waals surface area (Å²) in [6.07, 6.45) is 0.723. The highest BCUT2D eigenvalue weighted by atomic mass is 32.2. The first-order chi connectivity index (χ1) is 8.20. The molecule has 17 heavy (non-hydrogen) atoms. The monoisotopic (exact) mass is 256 g/mol. The number of carbonyl (C=O) groups excluding carboxylic acids is 1. The van der Waals surface area contributed by atoms with Crippen LogP contribution in [0.3, 0.4) is 0 Å². The molecule has 1 aromatic rings. The minimum absolute atomic E-state index is 0.136. The van der Waals surface area contributed by atoms with Crippen molar-refractivity contribution in [2.75, 3.05) is 13.7 Å². The van der Waals surface area contributed by atoms with Gasteiger partial charge < -0.3 is 9.47 Å². The number of hydrogen-bond donors (Lipinski definition) is 0. The maximum atomic E-state index is 13.1. The Morgan fingerprint density at radius 2 is 2.41 bits per heavy atom. The van der Waals surface area contributed by atoms with E-state index in [2.05, 4.69) is 0 Å². The van der Waals surface area contributed by atoms with E-state index in [9.17, 15) is 9.18 Å². The van der Waals surface area contributed by atoms with Gasteiger partial charge in [0.05, 0.1) is 13.7 Å². The zero-order chi connectivity index (χ0) is 12.3. The zero-order valence-corrected chi connectivity index (χ0v) is 10.3. The van der Waals surface area contributed by atoms with Gasteiger partial charge >= 0.3 is 5.97 Å². The lowest BCUT2D eigenvalue weighted by molar-refractivity contribution is -0.137. The third-order valence-corrected chi connectivity index (χ3v) is 3.88. The summed E-state index contributed by atoms with van der Waals surface area (Å²) in [6.45, 7) is 0.483. The Bertz CT molecular complexity index is 422. The van der Waals surface area contributed by atoms with E-state index >= 15 is 0 Å². The van der Waals surface area contributed by atoms with Crippen LogP contribution in [-0.2, 0) is 15.3 Å². The topological polar surface area (TPSA) is 35.5 Å². The molecule has 0 unspecified atom stereocenters. The highest BCUT2D eigenvalue weighted by Crippen LogP contribution is 2.29. The van der Waals surface area contributed by atoms with Gasteiger partial charge in [-0.25, -0.2) is 4.39 Å². The molecule has 0 spiro atoms. The van der Waals surface area contributed by atoms with Crippen molar-refractivity contribution >= 4 is 17.7 Å². The normalized spacial score (nSPS) is 19.2. The van der Waals surface area contributed by atoms with Gasteiger partial charge in [0.1, 0.15) is 16.8 Å². The minimum atomic E-state index is -0.296. The van der Waals surface area contributed by atoms with Crippen LogP contribution >= 0.6 is 11.8 Å². The molecule has 3 nitrogen and oxygen atoms in total. The molecule has 0 amide bonds. The molecule has 0 saturated carbocycles. The maximum absolute atomic E-state index is 13.1. The number of cyclic esters (lactones) is 1. The standard InChI is InChI=1S/C12H13FO3S/c1-15-10-3-2-9(13)6-8(10)7-17-11-4-5-16-12(11)14/h2-3,6,11H,4-5,7H2,1H3/t11-/m0/s1. The lowest BCUT2D eigenvalue weighted by atomic mass is 10.2. The second-order valence-electron chi connectivity index (χ2n) is 3.71. The number of thioether (sulfide) groups is 1. The predicted molar refractivity (Wildman–Crippen MR) is 63.6 cm³/mol. The van der Waals surface area contributed by atoms with Crippen LogP contribution in [0.1, 0.15) is 12.0 Å². The molecule has 1 fully saturated rings. The largest absolute Gasteiger partial charge is 0.496 e. The van der Waals surface area contributed by atoms with Gasteiger partial charge in [-0.05, 0) is 18.2 Å². The van der Waals surface area contributed by atoms with Crippen LogP contribution in [-0.4, -0.2) is 24.9 Å². The number of hydrogen-bond acceptors (Lipinski definition) is 4. The van der Waals surface area contributed by atoms with E-state index in [0.29, 0.717) is 18.1 Å². The number of rotatable bonds is 4. The van der Waals surface area contributed by atoms with E-state index in [4.69, 9.17) is 9.47 Å². The number of carbonyl (C=O) groups is 1. The minimum Gasteiger partial charge on any atom is -0.496 e. The quantitative estimate of drug-likeness (QED) is 0.775. The van der Waals surface area contributed by atoms with Gasteiger partial charge in [-0.3, -0.25) is 4.79 Å². The molecular formula is C12H13FO3S. The van der Waals surface area contributed by atoms with Crippen molar-refractivity contribution in [2.24, 2.45) is 0 Å². The third-order valence-electron chi connectivity index (χ3n) is 2.57. The first kappa shape index (κ1) is 12.2. The Labute approximate surface area is 103 Å². The number of ether oxygens (including phenoxy) is 2. The van der Waals surface area contributed by atoms with Crippen LogP contribution in [0.5, 0.6) is 5.75 Å². The van der Waals surface area contributed by atoms with Crippen LogP contribution in [0.2, 0.25) is 0 Å². The summed E-state index contributed by atoms with van der Waals surface area (Å²) in [7, 11) is 1.55. The average Bonchev–Trinajstić information content (AvgIpc) is 2.72. The highest BCUT2D eigenvalue weighted by molar-refractivity contribution is 7.99. The Hall–Kier alpha value is -1.23. The summed E-state index contributed by atoms with van der Waals surface area (Å²) in [4.78, 5) is 11.3. The summed E-state index contributed by atoms with van der Waals surface area (Å²) in [5.74, 6) is 0.715. The van der Waals surface area contributed by atoms with Crippen LogP contribution in [0.4, 0.5) is 4.39 Å². The highest BCUT2D eigenvalue weighted by Gasteiger charge is 2.26. The average molecular weight is 256 g/mol. The van der Waals surface area contributed by atoms with Gasteiger partial charge in [-0.2, -0.15) is 0 Å². The molecule has 1 aromatic carbocycles. The van der Waals surface area contributed by atoms with Gasteiger partial charge in [-0.1, -0.05) is 0 Å². The van der Waals surface area contributed by atoms with Crippen LogP contribution in [0, 0.1) is 5.82 Å². The molecule has 92 valence electrons. The Morgan fingerprint density at radius 3 is 3.06 bits per heavy atom. The first-order valence-electron chi connectivity index (χ1n) is 5.31. The molecule has 0 bridgehead atoms. The fourth-order valence-corrected chi connectivity index (χ4v) is 2.75. The van der Waals surface area contributed by atoms with E-state index in [1.165, 1.54) is 23.9 Å². The smallest absolute Gasteiger partial charge is 0.319 e. The second-order valence-corrected chi connectivity index (χ2v) is 4.90. The summed E-state index contributed by atoms with van der Waals surface area (Å²) in [5.41, 5.74) is 0.761. The van der Waals surface area contributed by atoms with Gasteiger partial charge in [0, 0.05) is 17.7 Å². The van der Waals surface area contributed by atoms with Gasteiger partial charge in [0.15, 0.2) is 0 Å². The van der Waals surface area contributed by atoms with Crippen LogP contribution < -0.4 is 4.74 Å². The molecule has 5 heteroatoms. The fraction of sp³-hybridized carbons (Fsp3) is 0.417. The molecule has 1 aliphatic rings. The van der Waals surface area contributed by atoms with Gasteiger partial charge in [-0.15, -0.1) is 11.8 Å². The van der Waals surface area contributed by atoms with Crippen LogP contribution in [0.15, 0.2) is 18.2 Å². The molecule has 0 radical (unpaired) electrons. The lowest BCUT2D eigenvalue weighted by Crippen LogP contribution is -2.09. The summed E-state index contributed by atoms with van der Waals surface area (Å²) in [6, 6.07) is 4.39. The van der Waals surface area contributed by atoms with Crippen molar-refractivity contribution in [2.45, 2.75) is 17.4 Å². The van der Waals surface area contributed by atoms with Crippen molar-refractivity contribution in [3.05, 3.63) is 29.6 Å². The summed E-state index contributed by atoms with van der Waals surface area (Å²) >= 11 is 1.46. The van der Waals surface area contributed by atoms with E-state index in [1.807, 2.05) is 0 Å². The molecular weight excluding hydrogens is 243 g/mol. The predicted octanol–water partition coefficient (Wildman–Crippen LogP) is 2.38. The molecule has 1 atom stereocenters. The SMILES string of the molecule is COc1ccc(F)cc1CS[C@H]1CCOC1=O. The number of halogens is 1. The number of methoxy groups -OCH3 is 1. The van der Waals surface area contributed by atoms with Crippen molar-refractivity contribution < 1.29 is 18.7 Å². The molecule has 1 aliphatic heterocycles. The molecule has 0 aromatic heterocycles. The molecule has 0 N–H and O–H groups in total. The fourth-order valence-electron chi connectivity index (χ4n) is 1.68. The molecule has 0 aliphatic carbocycles. The number of benzene rings is 1. The van der Waals surface area contributed by atoms with Crippen molar-refractivity contribution in [3.8, 4) is 5.75 Å². The molecule has 1 saturated heterocycles. The first-order valence-corrected chi connectivity index (χ1v) is 6.36. The van der Waals surface area contributed by atoms with Crippen molar-refractivity contribution in [1.29, 1.82) is 0 Å². The zero-order valence-electron chi connectivity index (χ0n) is 9.44. The Morgan fingerprint density at radius 1 is 1.59 bits per heavy atom.